The molecular formula is C17H30N2O4. The molecule has 0 spiro atoms. The van der Waals surface area contributed by atoms with E-state index in [2.05, 4.69) is 25.9 Å². The predicted octanol–water partition coefficient (Wildman–Crippen LogP) is 2.57. The molecule has 0 radical (unpaired) electrons. The lowest BCUT2D eigenvalue weighted by Gasteiger charge is -2.17. The van der Waals surface area contributed by atoms with Gasteiger partial charge in [-0.05, 0) is 17.9 Å². The summed E-state index contributed by atoms with van der Waals surface area (Å²) in [6.45, 7) is 12.3. The molecule has 0 aliphatic heterocycles. The molecule has 0 N–H and O–H groups in total. The second kappa shape index (κ2) is 10.5. The normalized spacial score (nSPS) is 11.8. The highest BCUT2D eigenvalue weighted by Gasteiger charge is 2.09. The number of Topliss-reactive ketones (excluding diaryl/α,β-unsaturated/α-hetero) is 1. The van der Waals surface area contributed by atoms with Crippen LogP contribution >= 0.6 is 0 Å². The highest BCUT2D eigenvalue weighted by atomic mass is 16.5. The molecular weight excluding hydrogens is 296 g/mol. The number of aromatic nitrogens is 2. The van der Waals surface area contributed by atoms with Crippen LogP contribution in [0.4, 0.5) is 0 Å². The summed E-state index contributed by atoms with van der Waals surface area (Å²) >= 11 is 0. The van der Waals surface area contributed by atoms with Crippen LogP contribution in [-0.4, -0.2) is 55.2 Å². The van der Waals surface area contributed by atoms with Gasteiger partial charge in [0, 0.05) is 19.7 Å². The molecule has 0 unspecified atom stereocenters. The summed E-state index contributed by atoms with van der Waals surface area (Å²) in [7, 11) is 0. The third-order valence-corrected chi connectivity index (χ3v) is 3.27. The van der Waals surface area contributed by atoms with Crippen LogP contribution in [0.3, 0.4) is 0 Å². The number of ketones is 1. The van der Waals surface area contributed by atoms with Crippen molar-refractivity contribution >= 4 is 5.78 Å². The Balaban J connectivity index is 1.92. The summed E-state index contributed by atoms with van der Waals surface area (Å²) in [5.41, 5.74) is 0.920. The van der Waals surface area contributed by atoms with Gasteiger partial charge in [-0.3, -0.25) is 9.48 Å². The van der Waals surface area contributed by atoms with Gasteiger partial charge in [-0.25, -0.2) is 0 Å². The predicted molar refractivity (Wildman–Crippen MR) is 88.8 cm³/mol. The fraction of sp³-hybridized carbons (Fsp3) is 0.765. The van der Waals surface area contributed by atoms with Crippen molar-refractivity contribution in [2.24, 2.45) is 5.41 Å². The first-order chi connectivity index (χ1) is 10.9. The van der Waals surface area contributed by atoms with Gasteiger partial charge >= 0.3 is 0 Å². The first-order valence-corrected chi connectivity index (χ1v) is 8.16. The zero-order valence-electron chi connectivity index (χ0n) is 14.8. The second-order valence-electron chi connectivity index (χ2n) is 6.64. The first kappa shape index (κ1) is 19.8. The summed E-state index contributed by atoms with van der Waals surface area (Å²) in [6, 6.07) is 1.71. The van der Waals surface area contributed by atoms with Crippen molar-refractivity contribution in [3.05, 3.63) is 18.0 Å². The van der Waals surface area contributed by atoms with Gasteiger partial charge in [0.15, 0.2) is 5.78 Å². The molecule has 0 amide bonds. The molecule has 0 aliphatic carbocycles. The van der Waals surface area contributed by atoms with Crippen molar-refractivity contribution < 1.29 is 19.0 Å². The van der Waals surface area contributed by atoms with E-state index in [1.165, 1.54) is 6.92 Å². The van der Waals surface area contributed by atoms with Crippen molar-refractivity contribution in [1.82, 2.24) is 9.78 Å². The van der Waals surface area contributed by atoms with Crippen molar-refractivity contribution in [3.63, 3.8) is 0 Å². The van der Waals surface area contributed by atoms with Crippen molar-refractivity contribution in [2.75, 3.05) is 39.6 Å². The Morgan fingerprint density at radius 3 is 2.17 bits per heavy atom. The summed E-state index contributed by atoms with van der Waals surface area (Å²) < 4.78 is 18.1. The fourth-order valence-electron chi connectivity index (χ4n) is 1.88. The van der Waals surface area contributed by atoms with Crippen LogP contribution in [-0.2, 0) is 20.8 Å². The Morgan fingerprint density at radius 2 is 1.61 bits per heavy atom. The summed E-state index contributed by atoms with van der Waals surface area (Å²) in [5, 5.41) is 4.10. The minimum absolute atomic E-state index is 0.0114. The van der Waals surface area contributed by atoms with Gasteiger partial charge in [0.05, 0.1) is 39.6 Å². The Labute approximate surface area is 139 Å². The Kier molecular flexibility index (Phi) is 9.06. The maximum Gasteiger partial charge on any atom is 0.177 e. The zero-order valence-corrected chi connectivity index (χ0v) is 14.8. The molecule has 0 atom stereocenters. The summed E-state index contributed by atoms with van der Waals surface area (Å²) in [5.74, 6) is 0.0114. The standard InChI is InChI=1S/C17H30N2O4/c1-15(20)16-5-7-18-19(16)8-10-22-12-14-23-13-11-21-9-6-17(2,3)4/h5,7H,6,8-14H2,1-4H3. The van der Waals surface area contributed by atoms with Gasteiger partial charge in [0.2, 0.25) is 0 Å². The van der Waals surface area contributed by atoms with E-state index >= 15 is 0 Å². The second-order valence-corrected chi connectivity index (χ2v) is 6.64. The van der Waals surface area contributed by atoms with Crippen LogP contribution in [0.1, 0.15) is 44.6 Å². The molecule has 1 heterocycles. The average molecular weight is 326 g/mol. The fourth-order valence-corrected chi connectivity index (χ4v) is 1.88. The molecule has 132 valence electrons. The minimum atomic E-state index is 0.0114. The number of rotatable bonds is 12. The van der Waals surface area contributed by atoms with E-state index in [0.717, 1.165) is 13.0 Å². The lowest BCUT2D eigenvalue weighted by Crippen LogP contribution is -2.15. The van der Waals surface area contributed by atoms with E-state index in [-0.39, 0.29) is 5.78 Å². The maximum absolute atomic E-state index is 11.3. The third kappa shape index (κ3) is 9.48. The van der Waals surface area contributed by atoms with Gasteiger partial charge in [-0.1, -0.05) is 20.8 Å². The number of carbonyl (C=O) groups is 1. The van der Waals surface area contributed by atoms with Gasteiger partial charge in [-0.15, -0.1) is 0 Å². The molecule has 0 aromatic carbocycles. The maximum atomic E-state index is 11.3. The van der Waals surface area contributed by atoms with Crippen molar-refractivity contribution in [1.29, 1.82) is 0 Å². The number of ether oxygens (including phenoxy) is 3. The number of carbonyl (C=O) groups excluding carboxylic acids is 1. The molecule has 6 heteroatoms. The Morgan fingerprint density at radius 1 is 1.04 bits per heavy atom. The van der Waals surface area contributed by atoms with Gasteiger partial charge in [0.25, 0.3) is 0 Å². The lowest BCUT2D eigenvalue weighted by atomic mass is 9.93. The summed E-state index contributed by atoms with van der Waals surface area (Å²) in [6.07, 6.45) is 2.67. The highest BCUT2D eigenvalue weighted by Crippen LogP contribution is 2.17. The highest BCUT2D eigenvalue weighted by molar-refractivity contribution is 5.92. The van der Waals surface area contributed by atoms with Crippen LogP contribution in [0.25, 0.3) is 0 Å². The van der Waals surface area contributed by atoms with Gasteiger partial charge in [0.1, 0.15) is 5.69 Å². The molecule has 0 fully saturated rings. The van der Waals surface area contributed by atoms with Crippen LogP contribution in [0.5, 0.6) is 0 Å². The van der Waals surface area contributed by atoms with E-state index in [4.69, 9.17) is 14.2 Å². The monoisotopic (exact) mass is 326 g/mol. The van der Waals surface area contributed by atoms with Crippen LogP contribution in [0.2, 0.25) is 0 Å². The number of hydrogen-bond acceptors (Lipinski definition) is 5. The van der Waals surface area contributed by atoms with Crippen molar-refractivity contribution in [2.45, 2.75) is 40.7 Å². The third-order valence-electron chi connectivity index (χ3n) is 3.27. The molecule has 1 aromatic heterocycles. The van der Waals surface area contributed by atoms with E-state index in [0.29, 0.717) is 50.7 Å². The van der Waals surface area contributed by atoms with Crippen molar-refractivity contribution in [3.8, 4) is 0 Å². The zero-order chi connectivity index (χ0) is 17.1. The summed E-state index contributed by atoms with van der Waals surface area (Å²) in [4.78, 5) is 11.3. The number of nitrogens with zero attached hydrogens (tertiary/aromatic N) is 2. The average Bonchev–Trinajstić information content (AvgIpc) is 2.92. The topological polar surface area (TPSA) is 62.6 Å². The Bertz CT molecular complexity index is 452. The number of hydrogen-bond donors (Lipinski definition) is 0. The molecule has 1 rings (SSSR count). The smallest absolute Gasteiger partial charge is 0.177 e. The molecule has 6 nitrogen and oxygen atoms in total. The first-order valence-electron chi connectivity index (χ1n) is 8.16. The Hall–Kier alpha value is -1.24. The van der Waals surface area contributed by atoms with E-state index in [1.54, 1.807) is 16.9 Å². The molecule has 0 saturated carbocycles. The van der Waals surface area contributed by atoms with E-state index < -0.39 is 0 Å². The minimum Gasteiger partial charge on any atom is -0.379 e. The van der Waals surface area contributed by atoms with E-state index in [1.807, 2.05) is 0 Å². The lowest BCUT2D eigenvalue weighted by molar-refractivity contribution is 0.00880. The van der Waals surface area contributed by atoms with Crippen LogP contribution in [0, 0.1) is 5.41 Å². The van der Waals surface area contributed by atoms with E-state index in [9.17, 15) is 4.79 Å². The van der Waals surface area contributed by atoms with Crippen LogP contribution in [0.15, 0.2) is 12.3 Å². The molecule has 0 aliphatic rings. The molecule has 23 heavy (non-hydrogen) atoms. The molecule has 0 saturated heterocycles. The largest absolute Gasteiger partial charge is 0.379 e. The van der Waals surface area contributed by atoms with Gasteiger partial charge in [-0.2, -0.15) is 5.10 Å². The SMILES string of the molecule is CC(=O)c1ccnn1CCOCCOCCOCCC(C)(C)C. The van der Waals surface area contributed by atoms with Gasteiger partial charge < -0.3 is 14.2 Å². The quantitative estimate of drug-likeness (QED) is 0.436. The molecule has 0 bridgehead atoms. The van der Waals surface area contributed by atoms with Crippen LogP contribution < -0.4 is 0 Å². The molecule has 1 aromatic rings.